The van der Waals surface area contributed by atoms with E-state index >= 15 is 0 Å². The van der Waals surface area contributed by atoms with Crippen molar-refractivity contribution in [3.05, 3.63) is 27.8 Å². The third-order valence-electron chi connectivity index (χ3n) is 3.91. The van der Waals surface area contributed by atoms with Crippen LogP contribution in [0.1, 0.15) is 30.6 Å². The number of nitro groups is 1. The number of aromatic nitrogens is 2. The second kappa shape index (κ2) is 9.33. The van der Waals surface area contributed by atoms with Gasteiger partial charge in [-0.15, -0.1) is 0 Å². The van der Waals surface area contributed by atoms with E-state index in [1.54, 1.807) is 0 Å². The van der Waals surface area contributed by atoms with Crippen LogP contribution in [0.4, 0.5) is 5.69 Å². The minimum atomic E-state index is -1.03. The van der Waals surface area contributed by atoms with E-state index in [1.807, 2.05) is 6.92 Å². The molecule has 146 valence electrons. The average molecular weight is 396 g/mol. The summed E-state index contributed by atoms with van der Waals surface area (Å²) in [7, 11) is 0. The molecule has 27 heavy (non-hydrogen) atoms. The number of ether oxygens (including phenoxy) is 1. The monoisotopic (exact) mass is 396 g/mol. The Hall–Kier alpha value is -2.66. The Labute approximate surface area is 159 Å². The molecular weight excluding hydrogens is 376 g/mol. The first-order valence-electron chi connectivity index (χ1n) is 8.35. The summed E-state index contributed by atoms with van der Waals surface area (Å²) in [6.45, 7) is 4.59. The Morgan fingerprint density at radius 2 is 2.15 bits per heavy atom. The Kier molecular flexibility index (Phi) is 7.13. The van der Waals surface area contributed by atoms with Crippen LogP contribution in [-0.2, 0) is 9.53 Å². The van der Waals surface area contributed by atoms with Gasteiger partial charge in [-0.2, -0.15) is 8.75 Å². The molecule has 1 amide bonds. The van der Waals surface area contributed by atoms with E-state index in [0.717, 1.165) is 17.8 Å². The number of fused-ring (bicyclic) bond motifs is 1. The van der Waals surface area contributed by atoms with Crippen LogP contribution in [0, 0.1) is 16.0 Å². The van der Waals surface area contributed by atoms with Crippen molar-refractivity contribution in [3.63, 3.8) is 0 Å². The van der Waals surface area contributed by atoms with Crippen molar-refractivity contribution >= 4 is 40.3 Å². The number of carboxylic acid groups (broad SMARTS) is 1. The molecule has 0 saturated carbocycles. The quantitative estimate of drug-likeness (QED) is 0.367. The van der Waals surface area contributed by atoms with E-state index in [0.29, 0.717) is 19.6 Å². The first kappa shape index (κ1) is 20.6. The van der Waals surface area contributed by atoms with Crippen LogP contribution in [-0.4, -0.2) is 61.9 Å². The molecule has 0 fully saturated rings. The van der Waals surface area contributed by atoms with Crippen molar-refractivity contribution in [2.24, 2.45) is 5.92 Å². The van der Waals surface area contributed by atoms with Crippen LogP contribution in [0.5, 0.6) is 0 Å². The number of aliphatic carboxylic acids is 1. The van der Waals surface area contributed by atoms with Crippen molar-refractivity contribution in [2.45, 2.75) is 20.3 Å². The maximum atomic E-state index is 12.9. The average Bonchev–Trinajstić information content (AvgIpc) is 3.10. The summed E-state index contributed by atoms with van der Waals surface area (Å²) >= 11 is 0.824. The van der Waals surface area contributed by atoms with Gasteiger partial charge in [-0.05, 0) is 19.4 Å². The van der Waals surface area contributed by atoms with E-state index in [1.165, 1.54) is 17.9 Å². The van der Waals surface area contributed by atoms with Crippen molar-refractivity contribution in [3.8, 4) is 0 Å². The molecule has 0 aliphatic rings. The highest BCUT2D eigenvalue weighted by Crippen LogP contribution is 2.26. The van der Waals surface area contributed by atoms with Gasteiger partial charge in [0.05, 0.1) is 22.6 Å². The van der Waals surface area contributed by atoms with Gasteiger partial charge in [0, 0.05) is 37.9 Å². The van der Waals surface area contributed by atoms with Gasteiger partial charge in [0.2, 0.25) is 0 Å². The number of benzene rings is 1. The molecule has 10 nitrogen and oxygen atoms in total. The van der Waals surface area contributed by atoms with E-state index in [2.05, 4.69) is 8.75 Å². The lowest BCUT2D eigenvalue weighted by Gasteiger charge is -2.24. The third-order valence-corrected chi connectivity index (χ3v) is 4.45. The summed E-state index contributed by atoms with van der Waals surface area (Å²) < 4.78 is 13.1. The molecule has 2 aromatic rings. The minimum absolute atomic E-state index is 0.0125. The van der Waals surface area contributed by atoms with Crippen molar-refractivity contribution < 1.29 is 24.4 Å². The lowest BCUT2D eigenvalue weighted by atomic mass is 10.1. The van der Waals surface area contributed by atoms with Gasteiger partial charge in [0.1, 0.15) is 5.52 Å². The number of carboxylic acids is 1. The highest BCUT2D eigenvalue weighted by atomic mass is 32.1. The third kappa shape index (κ3) is 5.17. The summed E-state index contributed by atoms with van der Waals surface area (Å²) in [5, 5.41) is 20.4. The maximum Gasteiger partial charge on any atom is 0.308 e. The lowest BCUT2D eigenvalue weighted by Crippen LogP contribution is -2.38. The molecule has 1 N–H and O–H groups in total. The van der Waals surface area contributed by atoms with Crippen molar-refractivity contribution in [1.29, 1.82) is 0 Å². The van der Waals surface area contributed by atoms with Crippen LogP contribution in [0.3, 0.4) is 0 Å². The molecule has 1 aromatic heterocycles. The second-order valence-corrected chi connectivity index (χ2v) is 6.45. The maximum absolute atomic E-state index is 12.9. The first-order chi connectivity index (χ1) is 12.8. The lowest BCUT2D eigenvalue weighted by molar-refractivity contribution is -0.383. The van der Waals surface area contributed by atoms with Crippen LogP contribution >= 0.6 is 11.7 Å². The summed E-state index contributed by atoms with van der Waals surface area (Å²) in [5.41, 5.74) is 0.169. The molecule has 1 aromatic carbocycles. The standard InChI is InChI=1S/C16H20N4O6S/c1-3-26-6-4-5-19(9-10(2)16(22)23)15(21)11-7-12-14(18-27-17-12)13(8-11)20(24)25/h7-8,10H,3-6,9H2,1-2H3,(H,22,23). The number of non-ortho nitro benzene ring substituents is 1. The molecule has 1 heterocycles. The Balaban J connectivity index is 2.30. The van der Waals surface area contributed by atoms with Crippen LogP contribution in [0.15, 0.2) is 12.1 Å². The van der Waals surface area contributed by atoms with E-state index in [4.69, 9.17) is 9.84 Å². The Bertz CT molecular complexity index is 839. The van der Waals surface area contributed by atoms with Gasteiger partial charge in [-0.3, -0.25) is 19.7 Å². The SMILES string of the molecule is CCOCCCN(CC(C)C(=O)O)C(=O)c1cc([N+](=O)[O-])c2nsnc2c1. The molecule has 1 atom stereocenters. The molecule has 0 spiro atoms. The summed E-state index contributed by atoms with van der Waals surface area (Å²) in [5.74, 6) is -2.29. The molecule has 0 bridgehead atoms. The molecule has 0 aliphatic carbocycles. The van der Waals surface area contributed by atoms with E-state index in [9.17, 15) is 19.7 Å². The molecule has 1 unspecified atom stereocenters. The predicted octanol–water partition coefficient (Wildman–Crippen LogP) is 2.19. The van der Waals surface area contributed by atoms with E-state index in [-0.39, 0.29) is 35.4 Å². The highest BCUT2D eigenvalue weighted by Gasteiger charge is 2.25. The Morgan fingerprint density at radius 3 is 2.78 bits per heavy atom. The normalized spacial score (nSPS) is 12.1. The molecule has 0 saturated heterocycles. The molecule has 11 heteroatoms. The molecule has 0 aliphatic heterocycles. The number of nitro benzene ring substituents is 1. The fourth-order valence-electron chi connectivity index (χ4n) is 2.50. The fraction of sp³-hybridized carbons (Fsp3) is 0.500. The number of nitrogens with zero attached hydrogens (tertiary/aromatic N) is 4. The Morgan fingerprint density at radius 1 is 1.41 bits per heavy atom. The van der Waals surface area contributed by atoms with Crippen molar-refractivity contribution in [2.75, 3.05) is 26.3 Å². The molecule has 2 rings (SSSR count). The number of rotatable bonds is 10. The molecule has 0 radical (unpaired) electrons. The zero-order valence-electron chi connectivity index (χ0n) is 15.0. The zero-order valence-corrected chi connectivity index (χ0v) is 15.8. The fourth-order valence-corrected chi connectivity index (χ4v) is 3.04. The van der Waals surface area contributed by atoms with Gasteiger partial charge in [-0.25, -0.2) is 0 Å². The summed E-state index contributed by atoms with van der Waals surface area (Å²) in [4.78, 5) is 36.2. The van der Waals surface area contributed by atoms with Crippen LogP contribution in [0.2, 0.25) is 0 Å². The number of amides is 1. The topological polar surface area (TPSA) is 136 Å². The summed E-state index contributed by atoms with van der Waals surface area (Å²) in [6.07, 6.45) is 0.522. The van der Waals surface area contributed by atoms with E-state index < -0.39 is 22.7 Å². The second-order valence-electron chi connectivity index (χ2n) is 5.93. The smallest absolute Gasteiger partial charge is 0.308 e. The van der Waals surface area contributed by atoms with Crippen LogP contribution < -0.4 is 0 Å². The molecular formula is C16H20N4O6S. The predicted molar refractivity (Wildman–Crippen MR) is 97.9 cm³/mol. The van der Waals surface area contributed by atoms with Crippen molar-refractivity contribution in [1.82, 2.24) is 13.6 Å². The minimum Gasteiger partial charge on any atom is -0.481 e. The number of carbonyl (C=O) groups excluding carboxylic acids is 1. The van der Waals surface area contributed by atoms with Gasteiger partial charge in [0.25, 0.3) is 11.6 Å². The van der Waals surface area contributed by atoms with Gasteiger partial charge >= 0.3 is 5.97 Å². The van der Waals surface area contributed by atoms with Crippen LogP contribution in [0.25, 0.3) is 11.0 Å². The van der Waals surface area contributed by atoms with Gasteiger partial charge in [-0.1, -0.05) is 6.92 Å². The number of hydrogen-bond acceptors (Lipinski definition) is 8. The highest BCUT2D eigenvalue weighted by molar-refractivity contribution is 7.00. The number of hydrogen-bond donors (Lipinski definition) is 1. The largest absolute Gasteiger partial charge is 0.481 e. The zero-order chi connectivity index (χ0) is 20.0. The number of carbonyl (C=O) groups is 2. The van der Waals surface area contributed by atoms with Gasteiger partial charge < -0.3 is 14.7 Å². The summed E-state index contributed by atoms with van der Waals surface area (Å²) in [6, 6.07) is 2.60. The first-order valence-corrected chi connectivity index (χ1v) is 9.08. The van der Waals surface area contributed by atoms with Gasteiger partial charge in [0.15, 0.2) is 5.52 Å².